The lowest BCUT2D eigenvalue weighted by atomic mass is 10.1. The fraction of sp³-hybridized carbons (Fsp3) is 0.222. The van der Waals surface area contributed by atoms with Gasteiger partial charge in [0, 0.05) is 6.42 Å². The van der Waals surface area contributed by atoms with E-state index in [2.05, 4.69) is 5.16 Å². The van der Waals surface area contributed by atoms with Crippen molar-refractivity contribution in [2.45, 2.75) is 13.3 Å². The van der Waals surface area contributed by atoms with Crippen LogP contribution in [0.2, 0.25) is 0 Å². The van der Waals surface area contributed by atoms with E-state index in [1.807, 2.05) is 0 Å². The monoisotopic (exact) mass is 167 g/mol. The van der Waals surface area contributed by atoms with E-state index in [0.717, 1.165) is 0 Å². The first-order chi connectivity index (χ1) is 5.74. The molecule has 0 amide bonds. The molecule has 1 rings (SSSR count). The molecule has 0 atom stereocenters. The zero-order valence-electron chi connectivity index (χ0n) is 6.79. The number of benzene rings is 1. The lowest BCUT2D eigenvalue weighted by Crippen LogP contribution is -1.99. The van der Waals surface area contributed by atoms with Crippen LogP contribution in [0.5, 0.6) is 0 Å². The Bertz CT molecular complexity index is 296. The van der Waals surface area contributed by atoms with Gasteiger partial charge in [-0.25, -0.2) is 4.39 Å². The zero-order chi connectivity index (χ0) is 8.97. The molecule has 0 saturated carbocycles. The first-order valence-corrected chi connectivity index (χ1v) is 3.65. The number of oxime groups is 1. The van der Waals surface area contributed by atoms with E-state index in [4.69, 9.17) is 5.21 Å². The smallest absolute Gasteiger partial charge is 0.126 e. The van der Waals surface area contributed by atoms with Crippen LogP contribution in [0.1, 0.15) is 12.5 Å². The van der Waals surface area contributed by atoms with Gasteiger partial charge in [-0.3, -0.25) is 0 Å². The van der Waals surface area contributed by atoms with Crippen molar-refractivity contribution >= 4 is 5.71 Å². The molecule has 0 spiro atoms. The maximum atomic E-state index is 12.9. The Morgan fingerprint density at radius 1 is 1.50 bits per heavy atom. The summed E-state index contributed by atoms with van der Waals surface area (Å²) in [6, 6.07) is 6.44. The van der Waals surface area contributed by atoms with Gasteiger partial charge in [0.25, 0.3) is 0 Å². The van der Waals surface area contributed by atoms with E-state index in [-0.39, 0.29) is 5.82 Å². The normalized spacial score (nSPS) is 11.7. The summed E-state index contributed by atoms with van der Waals surface area (Å²) in [5, 5.41) is 11.3. The van der Waals surface area contributed by atoms with Crippen molar-refractivity contribution in [1.29, 1.82) is 0 Å². The Morgan fingerprint density at radius 3 is 2.75 bits per heavy atom. The van der Waals surface area contributed by atoms with Gasteiger partial charge in [0.2, 0.25) is 0 Å². The van der Waals surface area contributed by atoms with Crippen LogP contribution >= 0.6 is 0 Å². The van der Waals surface area contributed by atoms with Crippen LogP contribution in [0.15, 0.2) is 29.4 Å². The Morgan fingerprint density at radius 2 is 2.17 bits per heavy atom. The minimum atomic E-state index is -0.263. The highest BCUT2D eigenvalue weighted by atomic mass is 19.1. The van der Waals surface area contributed by atoms with Crippen LogP contribution in [0.4, 0.5) is 4.39 Å². The molecule has 64 valence electrons. The van der Waals surface area contributed by atoms with Crippen LogP contribution in [0.3, 0.4) is 0 Å². The summed E-state index contributed by atoms with van der Waals surface area (Å²) in [5.74, 6) is -0.263. The van der Waals surface area contributed by atoms with Crippen molar-refractivity contribution in [1.82, 2.24) is 0 Å². The SMILES string of the molecule is C/C(Cc1ccccc1F)=N\O. The van der Waals surface area contributed by atoms with Crippen LogP contribution in [0.25, 0.3) is 0 Å². The molecule has 0 heterocycles. The summed E-state index contributed by atoms with van der Waals surface area (Å²) in [6.07, 6.45) is 0.350. The molecule has 0 radical (unpaired) electrons. The van der Waals surface area contributed by atoms with Crippen molar-refractivity contribution in [3.8, 4) is 0 Å². The second kappa shape index (κ2) is 3.85. The van der Waals surface area contributed by atoms with Gasteiger partial charge < -0.3 is 5.21 Å². The average Bonchev–Trinajstić information content (AvgIpc) is 2.09. The maximum absolute atomic E-state index is 12.9. The molecule has 12 heavy (non-hydrogen) atoms. The highest BCUT2D eigenvalue weighted by Crippen LogP contribution is 2.07. The molecular formula is C9H10FNO. The molecular weight excluding hydrogens is 157 g/mol. The second-order valence-electron chi connectivity index (χ2n) is 2.60. The van der Waals surface area contributed by atoms with E-state index < -0.39 is 0 Å². The highest BCUT2D eigenvalue weighted by molar-refractivity contribution is 5.83. The van der Waals surface area contributed by atoms with Crippen molar-refractivity contribution < 1.29 is 9.60 Å². The first-order valence-electron chi connectivity index (χ1n) is 3.65. The predicted octanol–water partition coefficient (Wildman–Crippen LogP) is 2.22. The Hall–Kier alpha value is -1.38. The molecule has 0 fully saturated rings. The minimum Gasteiger partial charge on any atom is -0.411 e. The molecule has 1 aromatic rings. The Labute approximate surface area is 70.3 Å². The summed E-state index contributed by atoms with van der Waals surface area (Å²) < 4.78 is 12.9. The minimum absolute atomic E-state index is 0.263. The summed E-state index contributed by atoms with van der Waals surface area (Å²) in [4.78, 5) is 0. The third-order valence-corrected chi connectivity index (χ3v) is 1.57. The van der Waals surface area contributed by atoms with Crippen molar-refractivity contribution in [2.24, 2.45) is 5.16 Å². The zero-order valence-corrected chi connectivity index (χ0v) is 6.79. The molecule has 0 bridgehead atoms. The largest absolute Gasteiger partial charge is 0.411 e. The molecule has 0 unspecified atom stereocenters. The van der Waals surface area contributed by atoms with E-state index in [1.165, 1.54) is 6.07 Å². The fourth-order valence-electron chi connectivity index (χ4n) is 0.953. The van der Waals surface area contributed by atoms with Gasteiger partial charge in [-0.15, -0.1) is 0 Å². The fourth-order valence-corrected chi connectivity index (χ4v) is 0.953. The molecule has 0 aromatic heterocycles. The quantitative estimate of drug-likeness (QED) is 0.409. The van der Waals surface area contributed by atoms with Gasteiger partial charge >= 0.3 is 0 Å². The predicted molar refractivity (Wildman–Crippen MR) is 45.0 cm³/mol. The summed E-state index contributed by atoms with van der Waals surface area (Å²) in [7, 11) is 0. The third kappa shape index (κ3) is 2.05. The number of nitrogens with zero attached hydrogens (tertiary/aromatic N) is 1. The molecule has 2 nitrogen and oxygen atoms in total. The first kappa shape index (κ1) is 8.71. The van der Waals surface area contributed by atoms with Crippen molar-refractivity contribution in [3.63, 3.8) is 0 Å². The average molecular weight is 167 g/mol. The molecule has 0 aliphatic rings. The molecule has 1 aromatic carbocycles. The van der Waals surface area contributed by atoms with Gasteiger partial charge in [-0.1, -0.05) is 23.4 Å². The van der Waals surface area contributed by atoms with Gasteiger partial charge in [0.15, 0.2) is 0 Å². The van der Waals surface area contributed by atoms with Crippen LogP contribution in [-0.4, -0.2) is 10.9 Å². The second-order valence-corrected chi connectivity index (χ2v) is 2.60. The molecule has 0 saturated heterocycles. The van der Waals surface area contributed by atoms with Crippen molar-refractivity contribution in [2.75, 3.05) is 0 Å². The number of rotatable bonds is 2. The number of hydrogen-bond donors (Lipinski definition) is 1. The van der Waals surface area contributed by atoms with E-state index in [0.29, 0.717) is 17.7 Å². The molecule has 3 heteroatoms. The summed E-state index contributed by atoms with van der Waals surface area (Å²) >= 11 is 0. The number of hydrogen-bond acceptors (Lipinski definition) is 2. The van der Waals surface area contributed by atoms with E-state index in [1.54, 1.807) is 25.1 Å². The van der Waals surface area contributed by atoms with Gasteiger partial charge in [-0.05, 0) is 18.6 Å². The van der Waals surface area contributed by atoms with Crippen LogP contribution in [-0.2, 0) is 6.42 Å². The standard InChI is InChI=1S/C9H10FNO/c1-7(11-12)6-8-4-2-3-5-9(8)10/h2-5,12H,6H2,1H3/b11-7+. The summed E-state index contributed by atoms with van der Waals surface area (Å²) in [6.45, 7) is 1.65. The topological polar surface area (TPSA) is 32.6 Å². The van der Waals surface area contributed by atoms with Gasteiger partial charge in [0.05, 0.1) is 5.71 Å². The third-order valence-electron chi connectivity index (χ3n) is 1.57. The van der Waals surface area contributed by atoms with E-state index >= 15 is 0 Å². The molecule has 1 N–H and O–H groups in total. The Kier molecular flexibility index (Phi) is 2.80. The molecule has 0 aliphatic carbocycles. The Balaban J connectivity index is 2.82. The van der Waals surface area contributed by atoms with Crippen LogP contribution < -0.4 is 0 Å². The highest BCUT2D eigenvalue weighted by Gasteiger charge is 2.01. The maximum Gasteiger partial charge on any atom is 0.126 e. The number of halogens is 1. The molecule has 0 aliphatic heterocycles. The lowest BCUT2D eigenvalue weighted by Gasteiger charge is -1.99. The van der Waals surface area contributed by atoms with Gasteiger partial charge in [-0.2, -0.15) is 0 Å². The van der Waals surface area contributed by atoms with Crippen molar-refractivity contribution in [3.05, 3.63) is 35.6 Å². The van der Waals surface area contributed by atoms with Crippen LogP contribution in [0, 0.1) is 5.82 Å². The van der Waals surface area contributed by atoms with Gasteiger partial charge in [0.1, 0.15) is 5.82 Å². The van der Waals surface area contributed by atoms with E-state index in [9.17, 15) is 4.39 Å². The lowest BCUT2D eigenvalue weighted by molar-refractivity contribution is 0.317. The summed E-state index contributed by atoms with van der Waals surface area (Å²) in [5.41, 5.74) is 1.05.